The Hall–Kier alpha value is -1.32. The van der Waals surface area contributed by atoms with Gasteiger partial charge in [0.05, 0.1) is 6.61 Å². The third-order valence-electron chi connectivity index (χ3n) is 1.02. The maximum atomic E-state index is 10.8. The minimum atomic E-state index is -0.674. The van der Waals surface area contributed by atoms with E-state index in [4.69, 9.17) is 0 Å². The Morgan fingerprint density at radius 3 is 2.45 bits per heavy atom. The van der Waals surface area contributed by atoms with Crippen molar-refractivity contribution in [1.82, 2.24) is 5.32 Å². The number of carbonyl (C=O) groups excluding carboxylic acids is 2. The molecule has 0 heterocycles. The highest BCUT2D eigenvalue weighted by Gasteiger charge is 2.14. The molecule has 0 unspecified atom stereocenters. The Bertz CT molecular complexity index is 186. The number of esters is 1. The number of ether oxygens (including phenoxy) is 1. The van der Waals surface area contributed by atoms with Gasteiger partial charge in [0.25, 0.3) is 5.91 Å². The van der Waals surface area contributed by atoms with Gasteiger partial charge < -0.3 is 10.1 Å². The van der Waals surface area contributed by atoms with E-state index in [1.807, 2.05) is 0 Å². The molecule has 0 aliphatic heterocycles. The highest BCUT2D eigenvalue weighted by atomic mass is 16.5. The zero-order valence-electron chi connectivity index (χ0n) is 6.64. The molecule has 0 atom stereocenters. The van der Waals surface area contributed by atoms with E-state index in [2.05, 4.69) is 16.6 Å². The molecule has 0 saturated heterocycles. The van der Waals surface area contributed by atoms with Crippen LogP contribution in [0, 0.1) is 0 Å². The number of amides is 1. The third-order valence-corrected chi connectivity index (χ3v) is 1.02. The van der Waals surface area contributed by atoms with Crippen molar-refractivity contribution >= 4 is 11.9 Å². The molecule has 0 spiro atoms. The summed E-state index contributed by atoms with van der Waals surface area (Å²) in [6, 6.07) is 0. The molecular formula is C7H11NO3. The number of likely N-dealkylation sites (N-methyl/N-ethyl adjacent to an activating group) is 1. The second-order valence-electron chi connectivity index (χ2n) is 1.78. The van der Waals surface area contributed by atoms with Crippen LogP contribution >= 0.6 is 0 Å². The van der Waals surface area contributed by atoms with Gasteiger partial charge in [0.1, 0.15) is 5.57 Å². The summed E-state index contributed by atoms with van der Waals surface area (Å²) in [6.45, 7) is 5.16. The maximum Gasteiger partial charge on any atom is 0.343 e. The number of hydrogen-bond acceptors (Lipinski definition) is 3. The van der Waals surface area contributed by atoms with Crippen molar-refractivity contribution in [1.29, 1.82) is 0 Å². The molecule has 1 N–H and O–H groups in total. The Morgan fingerprint density at radius 1 is 1.55 bits per heavy atom. The normalized spacial score (nSPS) is 8.55. The second kappa shape index (κ2) is 4.49. The van der Waals surface area contributed by atoms with E-state index in [9.17, 15) is 9.59 Å². The molecule has 0 aliphatic carbocycles. The van der Waals surface area contributed by atoms with Crippen LogP contribution in [0.4, 0.5) is 0 Å². The van der Waals surface area contributed by atoms with Crippen LogP contribution in [0.3, 0.4) is 0 Å². The second-order valence-corrected chi connectivity index (χ2v) is 1.78. The lowest BCUT2D eigenvalue weighted by molar-refractivity contribution is -0.140. The predicted molar refractivity (Wildman–Crippen MR) is 39.8 cm³/mol. The van der Waals surface area contributed by atoms with Crippen molar-refractivity contribution < 1.29 is 14.3 Å². The molecule has 0 bridgehead atoms. The lowest BCUT2D eigenvalue weighted by Gasteiger charge is -2.02. The molecule has 0 aromatic carbocycles. The van der Waals surface area contributed by atoms with E-state index in [1.165, 1.54) is 7.05 Å². The van der Waals surface area contributed by atoms with Gasteiger partial charge >= 0.3 is 5.97 Å². The van der Waals surface area contributed by atoms with Gasteiger partial charge in [-0.05, 0) is 6.92 Å². The summed E-state index contributed by atoms with van der Waals surface area (Å²) in [5.74, 6) is -1.18. The van der Waals surface area contributed by atoms with Gasteiger partial charge in [-0.25, -0.2) is 4.79 Å². The number of carbonyl (C=O) groups is 2. The van der Waals surface area contributed by atoms with E-state index in [0.717, 1.165) is 0 Å². The number of hydrogen-bond donors (Lipinski definition) is 1. The van der Waals surface area contributed by atoms with Gasteiger partial charge in [0.2, 0.25) is 0 Å². The van der Waals surface area contributed by atoms with Crippen LogP contribution in [0.25, 0.3) is 0 Å². The first-order valence-corrected chi connectivity index (χ1v) is 3.21. The van der Waals surface area contributed by atoms with Crippen LogP contribution in [0.5, 0.6) is 0 Å². The zero-order chi connectivity index (χ0) is 8.85. The molecule has 0 aliphatic rings. The van der Waals surface area contributed by atoms with E-state index in [0.29, 0.717) is 0 Å². The summed E-state index contributed by atoms with van der Waals surface area (Å²) in [5, 5.41) is 2.26. The quantitative estimate of drug-likeness (QED) is 0.268. The molecule has 0 radical (unpaired) electrons. The van der Waals surface area contributed by atoms with Crippen molar-refractivity contribution in [2.24, 2.45) is 0 Å². The van der Waals surface area contributed by atoms with Crippen molar-refractivity contribution in [3.05, 3.63) is 12.2 Å². The minimum Gasteiger partial charge on any atom is -0.462 e. The predicted octanol–water partition coefficient (Wildman–Crippen LogP) is -0.148. The zero-order valence-corrected chi connectivity index (χ0v) is 6.64. The molecule has 4 nitrogen and oxygen atoms in total. The van der Waals surface area contributed by atoms with Crippen molar-refractivity contribution in [3.63, 3.8) is 0 Å². The summed E-state index contributed by atoms with van der Waals surface area (Å²) in [6.07, 6.45) is 0. The Balaban J connectivity index is 4.03. The average molecular weight is 157 g/mol. The molecule has 0 rings (SSSR count). The van der Waals surface area contributed by atoms with Crippen LogP contribution in [-0.2, 0) is 14.3 Å². The summed E-state index contributed by atoms with van der Waals surface area (Å²) < 4.78 is 4.53. The standard InChI is InChI=1S/C7H11NO3/c1-4-11-7(10)5(2)6(9)8-3/h2,4H2,1,3H3,(H,8,9). The van der Waals surface area contributed by atoms with Crippen LogP contribution in [0.15, 0.2) is 12.2 Å². The van der Waals surface area contributed by atoms with Gasteiger partial charge in [-0.15, -0.1) is 0 Å². The first-order chi connectivity index (χ1) is 5.13. The van der Waals surface area contributed by atoms with Crippen molar-refractivity contribution in [2.45, 2.75) is 6.92 Å². The van der Waals surface area contributed by atoms with Gasteiger partial charge in [-0.3, -0.25) is 4.79 Å². The van der Waals surface area contributed by atoms with E-state index < -0.39 is 11.9 Å². The lowest BCUT2D eigenvalue weighted by atomic mass is 10.3. The molecule has 1 amide bonds. The largest absolute Gasteiger partial charge is 0.462 e. The Labute approximate surface area is 65.2 Å². The molecule has 62 valence electrons. The van der Waals surface area contributed by atoms with Gasteiger partial charge in [-0.2, -0.15) is 0 Å². The summed E-state index contributed by atoms with van der Waals surface area (Å²) in [5.41, 5.74) is -0.172. The number of nitrogens with one attached hydrogen (secondary N) is 1. The Kier molecular flexibility index (Phi) is 3.95. The smallest absolute Gasteiger partial charge is 0.343 e. The van der Waals surface area contributed by atoms with Crippen LogP contribution in [0.2, 0.25) is 0 Å². The van der Waals surface area contributed by atoms with Crippen molar-refractivity contribution in [2.75, 3.05) is 13.7 Å². The minimum absolute atomic E-state index is 0.172. The molecular weight excluding hydrogens is 146 g/mol. The first-order valence-electron chi connectivity index (χ1n) is 3.21. The van der Waals surface area contributed by atoms with Gasteiger partial charge in [0, 0.05) is 7.05 Å². The summed E-state index contributed by atoms with van der Waals surface area (Å²) in [7, 11) is 1.42. The van der Waals surface area contributed by atoms with Crippen molar-refractivity contribution in [3.8, 4) is 0 Å². The van der Waals surface area contributed by atoms with Gasteiger partial charge in [0.15, 0.2) is 0 Å². The highest BCUT2D eigenvalue weighted by molar-refractivity contribution is 6.15. The van der Waals surface area contributed by atoms with Crippen LogP contribution < -0.4 is 5.32 Å². The maximum absolute atomic E-state index is 10.8. The summed E-state index contributed by atoms with van der Waals surface area (Å²) >= 11 is 0. The van der Waals surface area contributed by atoms with E-state index in [-0.39, 0.29) is 12.2 Å². The first kappa shape index (κ1) is 9.68. The van der Waals surface area contributed by atoms with E-state index in [1.54, 1.807) is 6.92 Å². The monoisotopic (exact) mass is 157 g/mol. The fourth-order valence-electron chi connectivity index (χ4n) is 0.462. The van der Waals surface area contributed by atoms with E-state index >= 15 is 0 Å². The third kappa shape index (κ3) is 2.84. The molecule has 11 heavy (non-hydrogen) atoms. The fourth-order valence-corrected chi connectivity index (χ4v) is 0.462. The Morgan fingerprint density at radius 2 is 2.09 bits per heavy atom. The lowest BCUT2D eigenvalue weighted by Crippen LogP contribution is -2.25. The van der Waals surface area contributed by atoms with Gasteiger partial charge in [-0.1, -0.05) is 6.58 Å². The number of rotatable bonds is 3. The highest BCUT2D eigenvalue weighted by Crippen LogP contribution is 1.93. The van der Waals surface area contributed by atoms with Crippen LogP contribution in [-0.4, -0.2) is 25.5 Å². The SMILES string of the molecule is C=C(C(=O)NC)C(=O)OCC. The molecule has 0 fully saturated rings. The average Bonchev–Trinajstić information content (AvgIpc) is 2.02. The van der Waals surface area contributed by atoms with Crippen LogP contribution in [0.1, 0.15) is 6.92 Å². The fraction of sp³-hybridized carbons (Fsp3) is 0.429. The molecule has 0 aromatic rings. The summed E-state index contributed by atoms with van der Waals surface area (Å²) in [4.78, 5) is 21.5. The topological polar surface area (TPSA) is 55.4 Å². The molecule has 0 aromatic heterocycles. The molecule has 0 saturated carbocycles. The molecule has 4 heteroatoms.